The molecule has 0 saturated heterocycles. The van der Waals surface area contributed by atoms with Crippen molar-refractivity contribution >= 4 is 6.08 Å². The van der Waals surface area contributed by atoms with Crippen molar-refractivity contribution < 1.29 is 9.50 Å². The molecule has 0 aliphatic rings. The summed E-state index contributed by atoms with van der Waals surface area (Å²) < 4.78 is 12.8. The fourth-order valence-electron chi connectivity index (χ4n) is 0.973. The van der Waals surface area contributed by atoms with Gasteiger partial charge < -0.3 is 10.8 Å². The third-order valence-corrected chi connectivity index (χ3v) is 1.65. The molecule has 0 fully saturated rings. The van der Waals surface area contributed by atoms with Gasteiger partial charge in [-0.3, -0.25) is 0 Å². The Morgan fingerprint density at radius 3 is 2.92 bits per heavy atom. The zero-order chi connectivity index (χ0) is 9.68. The molecule has 1 aromatic rings. The maximum atomic E-state index is 12.8. The molecule has 0 unspecified atom stereocenters. The third kappa shape index (κ3) is 2.56. The van der Waals surface area contributed by atoms with Crippen molar-refractivity contribution in [1.82, 2.24) is 0 Å². The number of hydrogen-bond donors (Lipinski definition) is 2. The summed E-state index contributed by atoms with van der Waals surface area (Å²) in [5.74, 6) is -0.911. The van der Waals surface area contributed by atoms with Gasteiger partial charge in [-0.15, -0.1) is 0 Å². The maximum Gasteiger partial charge on any atom is 0.165 e. The number of rotatable bonds is 3. The molecule has 1 rings (SSSR count). The Hall–Kier alpha value is -1.35. The van der Waals surface area contributed by atoms with Crippen LogP contribution in [-0.4, -0.2) is 11.7 Å². The fourth-order valence-corrected chi connectivity index (χ4v) is 0.973. The lowest BCUT2D eigenvalue weighted by Gasteiger charge is -1.98. The van der Waals surface area contributed by atoms with E-state index in [0.29, 0.717) is 12.1 Å². The minimum atomic E-state index is -0.602. The summed E-state index contributed by atoms with van der Waals surface area (Å²) in [6.07, 6.45) is 4.18. The van der Waals surface area contributed by atoms with E-state index in [0.717, 1.165) is 6.42 Å². The molecular weight excluding hydrogens is 169 g/mol. The molecule has 2 nitrogen and oxygen atoms in total. The Kier molecular flexibility index (Phi) is 3.46. The third-order valence-electron chi connectivity index (χ3n) is 1.65. The maximum absolute atomic E-state index is 12.8. The van der Waals surface area contributed by atoms with Gasteiger partial charge in [-0.2, -0.15) is 0 Å². The highest BCUT2D eigenvalue weighted by Gasteiger charge is 2.01. The first kappa shape index (κ1) is 9.74. The fraction of sp³-hybridized carbons (Fsp3) is 0.200. The molecule has 1 aromatic carbocycles. The van der Waals surface area contributed by atoms with E-state index in [1.54, 1.807) is 24.3 Å². The molecule has 70 valence electrons. The van der Waals surface area contributed by atoms with Crippen LogP contribution in [-0.2, 0) is 0 Å². The van der Waals surface area contributed by atoms with Gasteiger partial charge in [0.1, 0.15) is 0 Å². The van der Waals surface area contributed by atoms with E-state index >= 15 is 0 Å². The van der Waals surface area contributed by atoms with E-state index in [4.69, 9.17) is 5.73 Å². The smallest absolute Gasteiger partial charge is 0.165 e. The zero-order valence-corrected chi connectivity index (χ0v) is 7.20. The number of hydrogen-bond acceptors (Lipinski definition) is 2. The average Bonchev–Trinajstić information content (AvgIpc) is 2.13. The van der Waals surface area contributed by atoms with Gasteiger partial charge in [0.05, 0.1) is 0 Å². The van der Waals surface area contributed by atoms with Gasteiger partial charge in [0.15, 0.2) is 11.6 Å². The quantitative estimate of drug-likeness (QED) is 0.748. The summed E-state index contributed by atoms with van der Waals surface area (Å²) in [5.41, 5.74) is 5.75. The van der Waals surface area contributed by atoms with Gasteiger partial charge in [0.2, 0.25) is 0 Å². The number of phenols is 1. The average molecular weight is 181 g/mol. The minimum absolute atomic E-state index is 0.309. The van der Waals surface area contributed by atoms with E-state index in [2.05, 4.69) is 0 Å². The van der Waals surface area contributed by atoms with Crippen LogP contribution in [0, 0.1) is 5.82 Å². The van der Waals surface area contributed by atoms with E-state index in [-0.39, 0.29) is 5.75 Å². The molecular formula is C10H12FNO. The summed E-state index contributed by atoms with van der Waals surface area (Å²) in [6, 6.07) is 4.41. The Morgan fingerprint density at radius 1 is 1.46 bits per heavy atom. The van der Waals surface area contributed by atoms with Gasteiger partial charge in [-0.25, -0.2) is 4.39 Å². The standard InChI is InChI=1S/C10H12FNO/c11-9-6-3-5-8(10(9)13)4-1-2-7-12/h1,3-6,13H,2,7,12H2. The minimum Gasteiger partial charge on any atom is -0.504 e. The molecule has 0 heterocycles. The van der Waals surface area contributed by atoms with Crippen molar-refractivity contribution in [2.75, 3.05) is 6.54 Å². The van der Waals surface area contributed by atoms with Gasteiger partial charge in [-0.05, 0) is 19.0 Å². The van der Waals surface area contributed by atoms with Gasteiger partial charge in [0.25, 0.3) is 0 Å². The highest BCUT2D eigenvalue weighted by Crippen LogP contribution is 2.21. The van der Waals surface area contributed by atoms with Crippen LogP contribution in [0.5, 0.6) is 5.75 Å². The first-order valence-corrected chi connectivity index (χ1v) is 4.10. The zero-order valence-electron chi connectivity index (χ0n) is 7.20. The molecule has 0 spiro atoms. The van der Waals surface area contributed by atoms with Crippen LogP contribution < -0.4 is 5.73 Å². The van der Waals surface area contributed by atoms with Gasteiger partial charge >= 0.3 is 0 Å². The van der Waals surface area contributed by atoms with Crippen LogP contribution in [0.15, 0.2) is 24.3 Å². The second kappa shape index (κ2) is 4.62. The SMILES string of the molecule is NCCC=Cc1cccc(F)c1O. The topological polar surface area (TPSA) is 46.2 Å². The van der Waals surface area contributed by atoms with Crippen LogP contribution in [0.3, 0.4) is 0 Å². The normalized spacial score (nSPS) is 10.9. The summed E-state index contributed by atoms with van der Waals surface area (Å²) in [5, 5.41) is 9.24. The lowest BCUT2D eigenvalue weighted by atomic mass is 10.1. The van der Waals surface area contributed by atoms with Crippen molar-refractivity contribution in [2.45, 2.75) is 6.42 Å². The number of benzene rings is 1. The summed E-state index contributed by atoms with van der Waals surface area (Å²) in [7, 11) is 0. The van der Waals surface area contributed by atoms with Crippen LogP contribution in [0.1, 0.15) is 12.0 Å². The Balaban J connectivity index is 2.83. The monoisotopic (exact) mass is 181 g/mol. The van der Waals surface area contributed by atoms with E-state index in [1.807, 2.05) is 0 Å². The number of para-hydroxylation sites is 1. The molecule has 0 radical (unpaired) electrons. The second-order valence-electron chi connectivity index (χ2n) is 2.66. The molecule has 13 heavy (non-hydrogen) atoms. The highest BCUT2D eigenvalue weighted by molar-refractivity contribution is 5.56. The van der Waals surface area contributed by atoms with Crippen LogP contribution in [0.4, 0.5) is 4.39 Å². The molecule has 0 atom stereocenters. The van der Waals surface area contributed by atoms with E-state index in [9.17, 15) is 9.50 Å². The largest absolute Gasteiger partial charge is 0.504 e. The van der Waals surface area contributed by atoms with Crippen molar-refractivity contribution in [2.24, 2.45) is 5.73 Å². The number of halogens is 1. The predicted octanol–water partition coefficient (Wildman–Crippen LogP) is 1.89. The molecule has 0 saturated carbocycles. The van der Waals surface area contributed by atoms with Gasteiger partial charge in [0, 0.05) is 5.56 Å². The predicted molar refractivity (Wildman–Crippen MR) is 50.8 cm³/mol. The Labute approximate surface area is 76.5 Å². The summed E-state index contributed by atoms with van der Waals surface area (Å²) >= 11 is 0. The molecule has 0 aliphatic heterocycles. The van der Waals surface area contributed by atoms with Gasteiger partial charge in [-0.1, -0.05) is 24.3 Å². The summed E-state index contributed by atoms with van der Waals surface area (Å²) in [4.78, 5) is 0. The molecule has 0 amide bonds. The van der Waals surface area contributed by atoms with E-state index in [1.165, 1.54) is 6.07 Å². The Bertz CT molecular complexity index is 310. The van der Waals surface area contributed by atoms with Crippen LogP contribution >= 0.6 is 0 Å². The number of phenolic OH excluding ortho intramolecular Hbond substituents is 1. The van der Waals surface area contributed by atoms with Crippen molar-refractivity contribution in [1.29, 1.82) is 0 Å². The molecule has 0 aromatic heterocycles. The summed E-state index contributed by atoms with van der Waals surface area (Å²) in [6.45, 7) is 0.548. The van der Waals surface area contributed by atoms with Crippen LogP contribution in [0.2, 0.25) is 0 Å². The Morgan fingerprint density at radius 2 is 2.23 bits per heavy atom. The first-order valence-electron chi connectivity index (χ1n) is 4.10. The molecule has 3 N–H and O–H groups in total. The first-order chi connectivity index (χ1) is 6.25. The number of nitrogens with two attached hydrogens (primary N) is 1. The van der Waals surface area contributed by atoms with Crippen LogP contribution in [0.25, 0.3) is 6.08 Å². The lowest BCUT2D eigenvalue weighted by Crippen LogP contribution is -1.95. The lowest BCUT2D eigenvalue weighted by molar-refractivity contribution is 0.431. The number of aromatic hydroxyl groups is 1. The second-order valence-corrected chi connectivity index (χ2v) is 2.66. The van der Waals surface area contributed by atoms with Crippen molar-refractivity contribution in [3.05, 3.63) is 35.7 Å². The molecule has 3 heteroatoms. The van der Waals surface area contributed by atoms with Crippen molar-refractivity contribution in [3.8, 4) is 5.75 Å². The highest BCUT2D eigenvalue weighted by atomic mass is 19.1. The molecule has 0 bridgehead atoms. The van der Waals surface area contributed by atoms with E-state index < -0.39 is 5.82 Å². The van der Waals surface area contributed by atoms with Crippen molar-refractivity contribution in [3.63, 3.8) is 0 Å². The molecule has 0 aliphatic carbocycles.